The highest BCUT2D eigenvalue weighted by molar-refractivity contribution is 6.00. The Balaban J connectivity index is 1.82. The van der Waals surface area contributed by atoms with Crippen molar-refractivity contribution in [3.63, 3.8) is 0 Å². The first-order valence-corrected chi connectivity index (χ1v) is 9.11. The van der Waals surface area contributed by atoms with Crippen LogP contribution in [0.2, 0.25) is 0 Å². The van der Waals surface area contributed by atoms with Gasteiger partial charge in [0.1, 0.15) is 0 Å². The van der Waals surface area contributed by atoms with Gasteiger partial charge in [-0.1, -0.05) is 0 Å². The molecule has 8 heteroatoms. The third kappa shape index (κ3) is 3.66. The Hall–Kier alpha value is -2.48. The number of nitrogens with one attached hydrogen (secondary N) is 1. The van der Waals surface area contributed by atoms with Gasteiger partial charge >= 0.3 is 0 Å². The molecule has 1 N–H and O–H groups in total. The van der Waals surface area contributed by atoms with Crippen molar-refractivity contribution in [1.29, 1.82) is 0 Å². The van der Waals surface area contributed by atoms with Crippen LogP contribution in [-0.4, -0.2) is 70.3 Å². The first kappa shape index (κ1) is 19.3. The van der Waals surface area contributed by atoms with Gasteiger partial charge in [0.25, 0.3) is 0 Å². The van der Waals surface area contributed by atoms with Gasteiger partial charge in [-0.05, 0) is 6.92 Å². The molecule has 2 heterocycles. The summed E-state index contributed by atoms with van der Waals surface area (Å²) in [6.45, 7) is 4.62. The smallest absolute Gasteiger partial charge is 0.228 e. The zero-order chi connectivity index (χ0) is 19.6. The van der Waals surface area contributed by atoms with Crippen LogP contribution in [0.25, 0.3) is 0 Å². The van der Waals surface area contributed by atoms with Crippen molar-refractivity contribution in [3.05, 3.63) is 12.1 Å². The minimum Gasteiger partial charge on any atom is -0.493 e. The molecular weight excluding hydrogens is 350 g/mol. The van der Waals surface area contributed by atoms with Crippen molar-refractivity contribution in [2.24, 2.45) is 5.92 Å². The number of carbonyl (C=O) groups excluding carboxylic acids is 2. The van der Waals surface area contributed by atoms with Crippen molar-refractivity contribution < 1.29 is 23.8 Å². The molecule has 8 nitrogen and oxygen atoms in total. The molecule has 0 spiro atoms. The monoisotopic (exact) mass is 377 g/mol. The average Bonchev–Trinajstić information content (AvgIpc) is 3.08. The quantitative estimate of drug-likeness (QED) is 0.821. The second-order valence-corrected chi connectivity index (χ2v) is 6.87. The van der Waals surface area contributed by atoms with Crippen molar-refractivity contribution in [1.82, 2.24) is 10.2 Å². The number of anilines is 1. The van der Waals surface area contributed by atoms with Gasteiger partial charge in [0.2, 0.25) is 17.6 Å². The molecule has 0 aromatic heterocycles. The standard InChI is InChI=1S/C19H27N3O5/c1-12-10-20-5-6-21(12)19(24)13-7-17(23)22(11-13)14-8-15(25-2)18(27-4)16(9-14)26-3/h8-9,12-13,20H,5-7,10-11H2,1-4H3/t12-,13?/m0/s1. The van der Waals surface area contributed by atoms with Crippen molar-refractivity contribution >= 4 is 17.5 Å². The molecule has 2 amide bonds. The summed E-state index contributed by atoms with van der Waals surface area (Å²) in [5, 5.41) is 3.28. The fraction of sp³-hybridized carbons (Fsp3) is 0.579. The molecule has 148 valence electrons. The number of carbonyl (C=O) groups is 2. The molecule has 0 saturated carbocycles. The normalized spacial score (nSPS) is 22.7. The number of methoxy groups -OCH3 is 3. The summed E-state index contributed by atoms with van der Waals surface area (Å²) >= 11 is 0. The van der Waals surface area contributed by atoms with Crippen molar-refractivity contribution in [3.8, 4) is 17.2 Å². The third-order valence-electron chi connectivity index (χ3n) is 5.22. The topological polar surface area (TPSA) is 80.3 Å². The lowest BCUT2D eigenvalue weighted by Crippen LogP contribution is -2.54. The Morgan fingerprint density at radius 3 is 2.37 bits per heavy atom. The number of rotatable bonds is 5. The van der Waals surface area contributed by atoms with Crippen LogP contribution < -0.4 is 24.4 Å². The molecule has 2 fully saturated rings. The molecule has 2 aliphatic heterocycles. The minimum atomic E-state index is -0.336. The number of hydrogen-bond donors (Lipinski definition) is 1. The average molecular weight is 377 g/mol. The van der Waals surface area contributed by atoms with Crippen molar-refractivity contribution in [2.45, 2.75) is 19.4 Å². The van der Waals surface area contributed by atoms with E-state index in [1.165, 1.54) is 21.3 Å². The van der Waals surface area contributed by atoms with E-state index in [1.54, 1.807) is 17.0 Å². The van der Waals surface area contributed by atoms with Crippen LogP contribution in [0, 0.1) is 5.92 Å². The zero-order valence-corrected chi connectivity index (χ0v) is 16.3. The van der Waals surface area contributed by atoms with E-state index < -0.39 is 0 Å². The summed E-state index contributed by atoms with van der Waals surface area (Å²) < 4.78 is 16.1. The maximum atomic E-state index is 12.9. The van der Waals surface area contributed by atoms with Crippen LogP contribution >= 0.6 is 0 Å². The molecule has 1 aromatic rings. The highest BCUT2D eigenvalue weighted by Gasteiger charge is 2.39. The van der Waals surface area contributed by atoms with Crippen molar-refractivity contribution in [2.75, 3.05) is 52.4 Å². The van der Waals surface area contributed by atoms with E-state index in [0.717, 1.165) is 13.1 Å². The van der Waals surface area contributed by atoms with Crippen LogP contribution in [-0.2, 0) is 9.59 Å². The second kappa shape index (κ2) is 8.04. The molecule has 2 atom stereocenters. The van der Waals surface area contributed by atoms with E-state index in [1.807, 2.05) is 11.8 Å². The van der Waals surface area contributed by atoms with Crippen LogP contribution in [0.5, 0.6) is 17.2 Å². The van der Waals surface area contributed by atoms with E-state index in [-0.39, 0.29) is 30.2 Å². The molecule has 27 heavy (non-hydrogen) atoms. The molecule has 2 saturated heterocycles. The number of benzene rings is 1. The largest absolute Gasteiger partial charge is 0.493 e. The molecule has 2 aliphatic rings. The third-order valence-corrected chi connectivity index (χ3v) is 5.22. The van der Waals surface area contributed by atoms with E-state index in [2.05, 4.69) is 5.32 Å². The number of amides is 2. The van der Waals surface area contributed by atoms with Gasteiger partial charge in [-0.3, -0.25) is 9.59 Å². The molecule has 0 aliphatic carbocycles. The van der Waals surface area contributed by atoms with E-state index in [4.69, 9.17) is 14.2 Å². The SMILES string of the molecule is COc1cc(N2CC(C(=O)N3CCNC[C@@H]3C)CC2=O)cc(OC)c1OC. The number of hydrogen-bond acceptors (Lipinski definition) is 6. The Morgan fingerprint density at radius 1 is 1.15 bits per heavy atom. The van der Waals surface area contributed by atoms with Gasteiger partial charge in [-0.2, -0.15) is 0 Å². The molecule has 0 radical (unpaired) electrons. The van der Waals surface area contributed by atoms with Crippen LogP contribution in [0.15, 0.2) is 12.1 Å². The first-order chi connectivity index (χ1) is 13.0. The first-order valence-electron chi connectivity index (χ1n) is 9.11. The van der Waals surface area contributed by atoms with Gasteiger partial charge in [0.05, 0.1) is 32.9 Å². The van der Waals surface area contributed by atoms with Gasteiger partial charge in [-0.15, -0.1) is 0 Å². The van der Waals surface area contributed by atoms with Gasteiger partial charge in [-0.25, -0.2) is 0 Å². The fourth-order valence-electron chi connectivity index (χ4n) is 3.75. The fourth-order valence-corrected chi connectivity index (χ4v) is 3.75. The van der Waals surface area contributed by atoms with Crippen LogP contribution in [0.3, 0.4) is 0 Å². The summed E-state index contributed by atoms with van der Waals surface area (Å²) in [6.07, 6.45) is 0.214. The number of ether oxygens (including phenoxy) is 3. The maximum Gasteiger partial charge on any atom is 0.228 e. The second-order valence-electron chi connectivity index (χ2n) is 6.87. The highest BCUT2D eigenvalue weighted by Crippen LogP contribution is 2.42. The minimum absolute atomic E-state index is 0.0484. The summed E-state index contributed by atoms with van der Waals surface area (Å²) in [5.74, 6) is 1.06. The van der Waals surface area contributed by atoms with E-state index >= 15 is 0 Å². The lowest BCUT2D eigenvalue weighted by atomic mass is 10.1. The van der Waals surface area contributed by atoms with Crippen LogP contribution in [0.1, 0.15) is 13.3 Å². The molecule has 1 aromatic carbocycles. The zero-order valence-electron chi connectivity index (χ0n) is 16.3. The molecule has 0 bridgehead atoms. The number of nitrogens with zero attached hydrogens (tertiary/aromatic N) is 2. The van der Waals surface area contributed by atoms with E-state index in [9.17, 15) is 9.59 Å². The Bertz CT molecular complexity index is 698. The molecule has 3 rings (SSSR count). The predicted octanol–water partition coefficient (Wildman–Crippen LogP) is 0.886. The Kier molecular flexibility index (Phi) is 5.74. The summed E-state index contributed by atoms with van der Waals surface area (Å²) in [6, 6.07) is 3.61. The Morgan fingerprint density at radius 2 is 1.81 bits per heavy atom. The van der Waals surface area contributed by atoms with Gasteiger partial charge < -0.3 is 29.3 Å². The summed E-state index contributed by atoms with van der Waals surface area (Å²) in [4.78, 5) is 29.1. The lowest BCUT2D eigenvalue weighted by Gasteiger charge is -2.35. The maximum absolute atomic E-state index is 12.9. The summed E-state index contributed by atoms with van der Waals surface area (Å²) in [5.41, 5.74) is 0.637. The Labute approximate surface area is 159 Å². The van der Waals surface area contributed by atoms with Gasteiger partial charge in [0.15, 0.2) is 11.5 Å². The van der Waals surface area contributed by atoms with Crippen LogP contribution in [0.4, 0.5) is 5.69 Å². The predicted molar refractivity (Wildman–Crippen MR) is 101 cm³/mol. The number of piperazine rings is 1. The highest BCUT2D eigenvalue weighted by atomic mass is 16.5. The lowest BCUT2D eigenvalue weighted by molar-refractivity contribution is -0.138. The molecule has 1 unspecified atom stereocenters. The van der Waals surface area contributed by atoms with Gasteiger partial charge in [0, 0.05) is 50.8 Å². The summed E-state index contributed by atoms with van der Waals surface area (Å²) in [7, 11) is 4.60. The van der Waals surface area contributed by atoms with E-state index in [0.29, 0.717) is 36.0 Å². The molecular formula is C19H27N3O5.